The van der Waals surface area contributed by atoms with E-state index in [9.17, 15) is 14.7 Å². The topological polar surface area (TPSA) is 73.7 Å². The summed E-state index contributed by atoms with van der Waals surface area (Å²) in [5, 5.41) is 9.36. The summed E-state index contributed by atoms with van der Waals surface area (Å²) < 4.78 is 0. The molecule has 0 spiro atoms. The fraction of sp³-hybridized carbons (Fsp3) is 0.500. The van der Waals surface area contributed by atoms with Gasteiger partial charge < -0.3 is 14.9 Å². The van der Waals surface area contributed by atoms with E-state index in [2.05, 4.69) is 4.98 Å². The number of anilines is 1. The summed E-state index contributed by atoms with van der Waals surface area (Å²) in [6.07, 6.45) is 0. The molecule has 1 rings (SSSR count). The molecule has 0 unspecified atom stereocenters. The third kappa shape index (κ3) is 3.46. The highest BCUT2D eigenvalue weighted by Crippen LogP contribution is 2.22. The van der Waals surface area contributed by atoms with Gasteiger partial charge in [-0.05, 0) is 32.4 Å². The number of carboxylic acids is 1. The molecule has 0 aromatic carbocycles. The summed E-state index contributed by atoms with van der Waals surface area (Å²) in [5.74, 6) is -0.766. The number of amides is 1. The zero-order valence-corrected chi connectivity index (χ0v) is 12.6. The molecule has 0 radical (unpaired) electrons. The average molecular weight is 279 g/mol. The van der Waals surface area contributed by atoms with Gasteiger partial charge in [0, 0.05) is 26.3 Å². The smallest absolute Gasteiger partial charge is 0.339 e. The first-order chi connectivity index (χ1) is 9.27. The van der Waals surface area contributed by atoms with Gasteiger partial charge in [0.05, 0.1) is 6.54 Å². The van der Waals surface area contributed by atoms with Crippen molar-refractivity contribution in [1.82, 2.24) is 9.88 Å². The Morgan fingerprint density at radius 1 is 1.30 bits per heavy atom. The Morgan fingerprint density at radius 2 is 1.90 bits per heavy atom. The van der Waals surface area contributed by atoms with Crippen molar-refractivity contribution in [2.45, 2.75) is 20.8 Å². The lowest BCUT2D eigenvalue weighted by Gasteiger charge is -2.25. The van der Waals surface area contributed by atoms with Crippen LogP contribution >= 0.6 is 0 Å². The lowest BCUT2D eigenvalue weighted by Crippen LogP contribution is -2.38. The van der Waals surface area contributed by atoms with Gasteiger partial charge in [-0.25, -0.2) is 9.78 Å². The van der Waals surface area contributed by atoms with Crippen molar-refractivity contribution in [2.75, 3.05) is 32.1 Å². The van der Waals surface area contributed by atoms with Gasteiger partial charge in [-0.3, -0.25) is 4.79 Å². The van der Waals surface area contributed by atoms with Crippen LogP contribution in [0.25, 0.3) is 0 Å². The number of carbonyl (C=O) groups is 2. The molecule has 0 saturated carbocycles. The minimum atomic E-state index is -1.03. The lowest BCUT2D eigenvalue weighted by atomic mass is 10.1. The second-order valence-corrected chi connectivity index (χ2v) is 4.89. The van der Waals surface area contributed by atoms with Gasteiger partial charge in [0.15, 0.2) is 0 Å². The molecular weight excluding hydrogens is 258 g/mol. The fourth-order valence-corrected chi connectivity index (χ4v) is 1.95. The Labute approximate surface area is 119 Å². The van der Waals surface area contributed by atoms with E-state index >= 15 is 0 Å². The zero-order chi connectivity index (χ0) is 15.4. The Hall–Kier alpha value is -2.11. The third-order valence-corrected chi connectivity index (χ3v) is 3.05. The highest BCUT2D eigenvalue weighted by molar-refractivity contribution is 5.96. The minimum Gasteiger partial charge on any atom is -0.478 e. The molecular formula is C14H21N3O3. The van der Waals surface area contributed by atoms with Crippen molar-refractivity contribution >= 4 is 17.7 Å². The molecule has 0 bridgehead atoms. The zero-order valence-electron chi connectivity index (χ0n) is 12.6. The van der Waals surface area contributed by atoms with E-state index < -0.39 is 5.97 Å². The van der Waals surface area contributed by atoms with Crippen LogP contribution in [0, 0.1) is 13.8 Å². The lowest BCUT2D eigenvalue weighted by molar-refractivity contribution is -0.127. The van der Waals surface area contributed by atoms with E-state index in [4.69, 9.17) is 0 Å². The summed E-state index contributed by atoms with van der Waals surface area (Å²) in [4.78, 5) is 30.8. The maximum Gasteiger partial charge on any atom is 0.339 e. The molecule has 110 valence electrons. The van der Waals surface area contributed by atoms with Crippen LogP contribution in [-0.2, 0) is 4.79 Å². The molecule has 1 aromatic rings. The Kier molecular flexibility index (Phi) is 5.07. The molecule has 1 heterocycles. The third-order valence-electron chi connectivity index (χ3n) is 3.05. The summed E-state index contributed by atoms with van der Waals surface area (Å²) >= 11 is 0. The van der Waals surface area contributed by atoms with Crippen LogP contribution in [0.1, 0.15) is 28.5 Å². The number of aromatic nitrogens is 1. The number of aromatic carboxylic acids is 1. The molecule has 0 aliphatic carbocycles. The minimum absolute atomic E-state index is 0.0934. The Morgan fingerprint density at radius 3 is 2.35 bits per heavy atom. The highest BCUT2D eigenvalue weighted by Gasteiger charge is 2.22. The first-order valence-electron chi connectivity index (χ1n) is 6.44. The molecule has 0 fully saturated rings. The maximum atomic E-state index is 11.8. The second kappa shape index (κ2) is 6.36. The number of pyridine rings is 1. The van der Waals surface area contributed by atoms with E-state index in [-0.39, 0.29) is 18.0 Å². The molecule has 6 nitrogen and oxygen atoms in total. The van der Waals surface area contributed by atoms with Crippen LogP contribution in [-0.4, -0.2) is 54.1 Å². The van der Waals surface area contributed by atoms with Gasteiger partial charge in [-0.15, -0.1) is 0 Å². The first kappa shape index (κ1) is 15.9. The molecule has 6 heteroatoms. The van der Waals surface area contributed by atoms with Crippen molar-refractivity contribution < 1.29 is 14.7 Å². The number of likely N-dealkylation sites (N-methyl/N-ethyl adjacent to an activating group) is 2. The second-order valence-electron chi connectivity index (χ2n) is 4.89. The van der Waals surface area contributed by atoms with Crippen molar-refractivity contribution in [3.63, 3.8) is 0 Å². The van der Waals surface area contributed by atoms with E-state index in [0.29, 0.717) is 17.9 Å². The van der Waals surface area contributed by atoms with Gasteiger partial charge in [0.2, 0.25) is 5.91 Å². The molecule has 1 aromatic heterocycles. The molecule has 20 heavy (non-hydrogen) atoms. The van der Waals surface area contributed by atoms with Crippen molar-refractivity contribution in [1.29, 1.82) is 0 Å². The van der Waals surface area contributed by atoms with Gasteiger partial charge in [0.25, 0.3) is 0 Å². The van der Waals surface area contributed by atoms with Crippen LogP contribution in [0.15, 0.2) is 6.07 Å². The van der Waals surface area contributed by atoms with E-state index in [1.165, 1.54) is 4.90 Å². The van der Waals surface area contributed by atoms with Crippen molar-refractivity contribution in [3.05, 3.63) is 22.9 Å². The molecule has 0 aliphatic heterocycles. The SMILES string of the molecule is CCN(CC(=O)N(C)C)c1nc(C)cc(C)c1C(=O)O. The highest BCUT2D eigenvalue weighted by atomic mass is 16.4. The molecule has 0 saturated heterocycles. The van der Waals surface area contributed by atoms with Crippen LogP contribution in [0.2, 0.25) is 0 Å². The molecule has 0 aliphatic rings. The number of carboxylic acid groups (broad SMARTS) is 1. The average Bonchev–Trinajstić information content (AvgIpc) is 2.33. The number of carbonyl (C=O) groups excluding carboxylic acids is 1. The summed E-state index contributed by atoms with van der Waals surface area (Å²) in [7, 11) is 3.34. The monoisotopic (exact) mass is 279 g/mol. The van der Waals surface area contributed by atoms with Gasteiger partial charge >= 0.3 is 5.97 Å². The summed E-state index contributed by atoms with van der Waals surface area (Å²) in [5.41, 5.74) is 1.54. The van der Waals surface area contributed by atoms with Crippen molar-refractivity contribution in [3.8, 4) is 0 Å². The first-order valence-corrected chi connectivity index (χ1v) is 6.44. The molecule has 1 amide bonds. The number of aryl methyl sites for hydroxylation is 2. The van der Waals surface area contributed by atoms with E-state index in [0.717, 1.165) is 5.69 Å². The molecule has 1 N–H and O–H groups in total. The predicted molar refractivity (Wildman–Crippen MR) is 77.3 cm³/mol. The van der Waals surface area contributed by atoms with E-state index in [1.54, 1.807) is 32.0 Å². The number of rotatable bonds is 5. The van der Waals surface area contributed by atoms with Crippen molar-refractivity contribution in [2.24, 2.45) is 0 Å². The van der Waals surface area contributed by atoms with Crippen LogP contribution in [0.5, 0.6) is 0 Å². The number of hydrogen-bond acceptors (Lipinski definition) is 4. The van der Waals surface area contributed by atoms with E-state index in [1.807, 2.05) is 13.8 Å². The van der Waals surface area contributed by atoms with Crippen LogP contribution < -0.4 is 4.90 Å². The number of nitrogens with zero attached hydrogens (tertiary/aromatic N) is 3. The van der Waals surface area contributed by atoms with Gasteiger partial charge in [-0.2, -0.15) is 0 Å². The Balaban J connectivity index is 3.27. The van der Waals surface area contributed by atoms with Crippen LogP contribution in [0.4, 0.5) is 5.82 Å². The molecule has 0 atom stereocenters. The number of hydrogen-bond donors (Lipinski definition) is 1. The van der Waals surface area contributed by atoms with Gasteiger partial charge in [0.1, 0.15) is 11.4 Å². The summed E-state index contributed by atoms with van der Waals surface area (Å²) in [6, 6.07) is 1.73. The normalized spacial score (nSPS) is 10.2. The maximum absolute atomic E-state index is 11.8. The van der Waals surface area contributed by atoms with Gasteiger partial charge in [-0.1, -0.05) is 0 Å². The summed E-state index contributed by atoms with van der Waals surface area (Å²) in [6.45, 7) is 6.04. The van der Waals surface area contributed by atoms with Crippen LogP contribution in [0.3, 0.4) is 0 Å². The fourth-order valence-electron chi connectivity index (χ4n) is 1.95. The predicted octanol–water partition coefficient (Wildman–Crippen LogP) is 1.31. The largest absolute Gasteiger partial charge is 0.478 e. The standard InChI is InChI=1S/C14H21N3O3/c1-6-17(8-11(18)16(4)5)13-12(14(19)20)9(2)7-10(3)15-13/h7H,6,8H2,1-5H3,(H,19,20). The quantitative estimate of drug-likeness (QED) is 0.879. The Bertz CT molecular complexity index is 527.